The van der Waals surface area contributed by atoms with Crippen LogP contribution < -0.4 is 20.1 Å². The van der Waals surface area contributed by atoms with Gasteiger partial charge in [0.1, 0.15) is 11.5 Å². The molecule has 2 amide bonds. The maximum atomic E-state index is 12.3. The van der Waals surface area contributed by atoms with Crippen LogP contribution in [0.3, 0.4) is 0 Å². The summed E-state index contributed by atoms with van der Waals surface area (Å²) in [6.45, 7) is 0.770. The topological polar surface area (TPSA) is 59.6 Å². The molecule has 0 radical (unpaired) electrons. The zero-order chi connectivity index (χ0) is 18.4. The Balaban J connectivity index is 2.03. The van der Waals surface area contributed by atoms with E-state index in [-0.39, 0.29) is 5.75 Å². The molecule has 1 atom stereocenters. The van der Waals surface area contributed by atoms with Crippen LogP contribution in [0.2, 0.25) is 0 Å². The van der Waals surface area contributed by atoms with Crippen LogP contribution in [0.5, 0.6) is 11.5 Å². The third-order valence-electron chi connectivity index (χ3n) is 3.54. The van der Waals surface area contributed by atoms with Gasteiger partial charge in [-0.3, -0.25) is 0 Å². The van der Waals surface area contributed by atoms with E-state index in [1.54, 1.807) is 25.1 Å². The molecule has 0 bridgehead atoms. The quantitative estimate of drug-likeness (QED) is 0.807. The lowest BCUT2D eigenvalue weighted by Gasteiger charge is -2.17. The number of alkyl halides is 2. The molecule has 0 fully saturated rings. The number of benzene rings is 2. The van der Waals surface area contributed by atoms with Crippen molar-refractivity contribution in [1.29, 1.82) is 0 Å². The molecule has 0 aliphatic rings. The predicted molar refractivity (Wildman–Crippen MR) is 91.4 cm³/mol. The monoisotopic (exact) mass is 350 g/mol. The van der Waals surface area contributed by atoms with E-state index >= 15 is 0 Å². The van der Waals surface area contributed by atoms with Crippen molar-refractivity contribution in [2.45, 2.75) is 26.5 Å². The lowest BCUT2D eigenvalue weighted by Crippen LogP contribution is -2.31. The van der Waals surface area contributed by atoms with Gasteiger partial charge < -0.3 is 20.1 Å². The SMILES string of the molecule is COc1cc(C)ccc1NC(=O)NC(C)c1cccc(OC(F)F)c1. The Morgan fingerprint density at radius 2 is 1.92 bits per heavy atom. The van der Waals surface area contributed by atoms with Crippen LogP contribution in [0.15, 0.2) is 42.5 Å². The van der Waals surface area contributed by atoms with Crippen molar-refractivity contribution in [1.82, 2.24) is 5.32 Å². The first-order valence-electron chi connectivity index (χ1n) is 7.66. The number of nitrogens with one attached hydrogen (secondary N) is 2. The molecule has 1 unspecified atom stereocenters. The van der Waals surface area contributed by atoms with Crippen molar-refractivity contribution in [2.24, 2.45) is 0 Å². The van der Waals surface area contributed by atoms with Crippen LogP contribution in [0, 0.1) is 6.92 Å². The van der Waals surface area contributed by atoms with Gasteiger partial charge in [0, 0.05) is 0 Å². The highest BCUT2D eigenvalue weighted by atomic mass is 19.3. The Morgan fingerprint density at radius 3 is 2.60 bits per heavy atom. The van der Waals surface area contributed by atoms with Gasteiger partial charge in [0.2, 0.25) is 0 Å². The Bertz CT molecular complexity index is 738. The van der Waals surface area contributed by atoms with E-state index in [0.717, 1.165) is 5.56 Å². The molecule has 0 saturated heterocycles. The standard InChI is InChI=1S/C18H20F2N2O3/c1-11-7-8-15(16(9-11)24-3)22-18(23)21-12(2)13-5-4-6-14(10-13)25-17(19)20/h4-10,12,17H,1-3H3,(H2,21,22,23). The minimum absolute atomic E-state index is 0.0433. The van der Waals surface area contributed by atoms with Crippen LogP contribution in [0.1, 0.15) is 24.1 Å². The van der Waals surface area contributed by atoms with E-state index in [2.05, 4.69) is 15.4 Å². The molecule has 2 aromatic carbocycles. The van der Waals surface area contributed by atoms with Crippen LogP contribution in [0.4, 0.5) is 19.3 Å². The summed E-state index contributed by atoms with van der Waals surface area (Å²) in [5, 5.41) is 5.45. The number of amides is 2. The molecule has 0 spiro atoms. The van der Waals surface area contributed by atoms with E-state index in [1.165, 1.54) is 19.2 Å². The molecule has 134 valence electrons. The third kappa shape index (κ3) is 5.34. The van der Waals surface area contributed by atoms with Gasteiger partial charge in [-0.2, -0.15) is 8.78 Å². The predicted octanol–water partition coefficient (Wildman–Crippen LogP) is 4.49. The van der Waals surface area contributed by atoms with Crippen molar-refractivity contribution >= 4 is 11.7 Å². The first kappa shape index (κ1) is 18.5. The molecule has 2 aromatic rings. The van der Waals surface area contributed by atoms with Gasteiger partial charge in [0.15, 0.2) is 0 Å². The van der Waals surface area contributed by atoms with Crippen molar-refractivity contribution in [3.63, 3.8) is 0 Å². The maximum Gasteiger partial charge on any atom is 0.387 e. The van der Waals surface area contributed by atoms with Crippen LogP contribution >= 0.6 is 0 Å². The fraction of sp³-hybridized carbons (Fsp3) is 0.278. The van der Waals surface area contributed by atoms with E-state index in [4.69, 9.17) is 4.74 Å². The molecular formula is C18H20F2N2O3. The summed E-state index contributed by atoms with van der Waals surface area (Å²) in [6, 6.07) is 10.8. The summed E-state index contributed by atoms with van der Waals surface area (Å²) < 4.78 is 34.2. The van der Waals surface area contributed by atoms with Crippen molar-refractivity contribution in [3.8, 4) is 11.5 Å². The number of carbonyl (C=O) groups is 1. The second-order valence-corrected chi connectivity index (χ2v) is 5.47. The minimum atomic E-state index is -2.89. The van der Waals surface area contributed by atoms with Gasteiger partial charge in [-0.05, 0) is 49.2 Å². The Kier molecular flexibility index (Phi) is 6.16. The fourth-order valence-corrected chi connectivity index (χ4v) is 2.30. The fourth-order valence-electron chi connectivity index (χ4n) is 2.30. The maximum absolute atomic E-state index is 12.3. The number of ether oxygens (including phenoxy) is 2. The molecule has 5 nitrogen and oxygen atoms in total. The van der Waals surface area contributed by atoms with Crippen molar-refractivity contribution < 1.29 is 23.0 Å². The van der Waals surface area contributed by atoms with E-state index in [1.807, 2.05) is 19.1 Å². The van der Waals surface area contributed by atoms with Gasteiger partial charge in [0.05, 0.1) is 18.8 Å². The minimum Gasteiger partial charge on any atom is -0.495 e. The molecule has 0 aliphatic carbocycles. The molecule has 2 N–H and O–H groups in total. The summed E-state index contributed by atoms with van der Waals surface area (Å²) in [5.41, 5.74) is 2.18. The zero-order valence-corrected chi connectivity index (χ0v) is 14.2. The molecular weight excluding hydrogens is 330 g/mol. The van der Waals surface area contributed by atoms with E-state index in [0.29, 0.717) is 17.0 Å². The normalized spacial score (nSPS) is 11.8. The van der Waals surface area contributed by atoms with Crippen LogP contribution in [-0.2, 0) is 0 Å². The van der Waals surface area contributed by atoms with Crippen LogP contribution in [-0.4, -0.2) is 19.8 Å². The number of rotatable bonds is 6. The lowest BCUT2D eigenvalue weighted by atomic mass is 10.1. The summed E-state index contributed by atoms with van der Waals surface area (Å²) in [7, 11) is 1.52. The second-order valence-electron chi connectivity index (χ2n) is 5.47. The van der Waals surface area contributed by atoms with E-state index in [9.17, 15) is 13.6 Å². The highest BCUT2D eigenvalue weighted by Gasteiger charge is 2.13. The number of methoxy groups -OCH3 is 1. The molecule has 25 heavy (non-hydrogen) atoms. The summed E-state index contributed by atoms with van der Waals surface area (Å²) >= 11 is 0. The van der Waals surface area contributed by atoms with Crippen molar-refractivity contribution in [3.05, 3.63) is 53.6 Å². The highest BCUT2D eigenvalue weighted by molar-refractivity contribution is 5.91. The molecule has 0 saturated carbocycles. The molecule has 7 heteroatoms. The van der Waals surface area contributed by atoms with Crippen LogP contribution in [0.25, 0.3) is 0 Å². The molecule has 0 aliphatic heterocycles. The lowest BCUT2D eigenvalue weighted by molar-refractivity contribution is -0.0499. The number of aryl methyl sites for hydroxylation is 1. The highest BCUT2D eigenvalue weighted by Crippen LogP contribution is 2.25. The Morgan fingerprint density at radius 1 is 1.16 bits per heavy atom. The largest absolute Gasteiger partial charge is 0.495 e. The summed E-state index contributed by atoms with van der Waals surface area (Å²) in [5.74, 6) is 0.594. The van der Waals surface area contributed by atoms with Gasteiger partial charge in [0.25, 0.3) is 0 Å². The second kappa shape index (κ2) is 8.32. The van der Waals surface area contributed by atoms with E-state index < -0.39 is 18.7 Å². The smallest absolute Gasteiger partial charge is 0.387 e. The first-order chi connectivity index (χ1) is 11.9. The van der Waals surface area contributed by atoms with Gasteiger partial charge in [-0.15, -0.1) is 0 Å². The van der Waals surface area contributed by atoms with Gasteiger partial charge >= 0.3 is 12.6 Å². The third-order valence-corrected chi connectivity index (χ3v) is 3.54. The number of urea groups is 1. The number of hydrogen-bond acceptors (Lipinski definition) is 3. The van der Waals surface area contributed by atoms with Crippen molar-refractivity contribution in [2.75, 3.05) is 12.4 Å². The number of halogens is 2. The average molecular weight is 350 g/mol. The Hall–Kier alpha value is -2.83. The number of anilines is 1. The average Bonchev–Trinajstić information content (AvgIpc) is 2.56. The molecule has 0 aromatic heterocycles. The van der Waals surface area contributed by atoms with Gasteiger partial charge in [-0.1, -0.05) is 18.2 Å². The number of carbonyl (C=O) groups excluding carboxylic acids is 1. The Labute approximate surface area is 144 Å². The number of hydrogen-bond donors (Lipinski definition) is 2. The summed E-state index contributed by atoms with van der Waals surface area (Å²) in [6.07, 6.45) is 0. The molecule has 2 rings (SSSR count). The van der Waals surface area contributed by atoms with Gasteiger partial charge in [-0.25, -0.2) is 4.79 Å². The summed E-state index contributed by atoms with van der Waals surface area (Å²) in [4.78, 5) is 12.2. The zero-order valence-electron chi connectivity index (χ0n) is 14.2. The first-order valence-corrected chi connectivity index (χ1v) is 7.66. The molecule has 0 heterocycles.